The average molecular weight is 517 g/mol. The van der Waals surface area contributed by atoms with Gasteiger partial charge in [-0.2, -0.15) is 0 Å². The van der Waals surface area contributed by atoms with E-state index in [4.69, 9.17) is 4.74 Å². The van der Waals surface area contributed by atoms with Crippen LogP contribution < -0.4 is 10.6 Å². The summed E-state index contributed by atoms with van der Waals surface area (Å²) < 4.78 is 4.33. The van der Waals surface area contributed by atoms with E-state index in [1.165, 1.54) is 4.90 Å². The summed E-state index contributed by atoms with van der Waals surface area (Å²) in [4.78, 5) is 44.6. The first-order valence-electron chi connectivity index (χ1n) is 12.9. The number of nitrogens with zero attached hydrogens (tertiary/aromatic N) is 2. The standard InChI is InChI=1S/C26H36N4O5S/c1-25-7-8-26(36-25)20(19(25)22(32)28-17-18-5-3-2-4-6-18)24(34)30(11-14-31)21(26)23(33)27-9-10-29-12-15-35-16-13-29/h2-6,19-21,31H,7-17H2,1H3,(H,27,33)(H,28,32)/t19-,20+,21?,25+,26?/m1/s1. The number of likely N-dealkylation sites (tertiary alicyclic amines) is 1. The molecule has 1 spiro atoms. The summed E-state index contributed by atoms with van der Waals surface area (Å²) in [5.74, 6) is -1.59. The quantitative estimate of drug-likeness (QED) is 0.431. The summed E-state index contributed by atoms with van der Waals surface area (Å²) in [5.41, 5.74) is 0.999. The predicted octanol–water partition coefficient (Wildman–Crippen LogP) is 0.225. The molecule has 4 saturated heterocycles. The minimum Gasteiger partial charge on any atom is -0.395 e. The number of hydrogen-bond donors (Lipinski definition) is 3. The normalized spacial score (nSPS) is 33.6. The predicted molar refractivity (Wildman–Crippen MR) is 136 cm³/mol. The highest BCUT2D eigenvalue weighted by Crippen LogP contribution is 2.71. The number of aliphatic hydroxyl groups excluding tert-OH is 1. The van der Waals surface area contributed by atoms with E-state index < -0.39 is 27.4 Å². The number of carbonyl (C=O) groups is 3. The molecule has 4 aliphatic heterocycles. The summed E-state index contributed by atoms with van der Waals surface area (Å²) in [7, 11) is 0. The average Bonchev–Trinajstić information content (AvgIpc) is 3.45. The molecule has 10 heteroatoms. The lowest BCUT2D eigenvalue weighted by molar-refractivity contribution is -0.141. The molecule has 5 rings (SSSR count). The molecule has 36 heavy (non-hydrogen) atoms. The number of aliphatic hydroxyl groups is 1. The fourth-order valence-corrected chi connectivity index (χ4v) is 8.99. The van der Waals surface area contributed by atoms with Crippen LogP contribution in [0.15, 0.2) is 30.3 Å². The molecule has 1 aromatic carbocycles. The van der Waals surface area contributed by atoms with Gasteiger partial charge in [0.05, 0.1) is 36.4 Å². The molecule has 2 bridgehead atoms. The third-order valence-electron chi connectivity index (χ3n) is 8.29. The number of thioether (sulfide) groups is 1. The minimum atomic E-state index is -0.689. The molecule has 0 aromatic heterocycles. The fourth-order valence-electron chi connectivity index (χ4n) is 6.63. The van der Waals surface area contributed by atoms with Gasteiger partial charge in [0.15, 0.2) is 0 Å². The lowest BCUT2D eigenvalue weighted by Gasteiger charge is -2.35. The van der Waals surface area contributed by atoms with Crippen LogP contribution in [0.4, 0.5) is 0 Å². The van der Waals surface area contributed by atoms with Crippen molar-refractivity contribution in [2.75, 3.05) is 52.5 Å². The van der Waals surface area contributed by atoms with Crippen LogP contribution in [0.3, 0.4) is 0 Å². The molecule has 4 heterocycles. The number of morpholine rings is 1. The Labute approximate surface area is 216 Å². The van der Waals surface area contributed by atoms with Gasteiger partial charge in [-0.15, -0.1) is 11.8 Å². The Morgan fingerprint density at radius 2 is 1.86 bits per heavy atom. The molecule has 1 aromatic rings. The molecule has 0 saturated carbocycles. The van der Waals surface area contributed by atoms with Crippen molar-refractivity contribution in [3.05, 3.63) is 35.9 Å². The maximum Gasteiger partial charge on any atom is 0.244 e. The van der Waals surface area contributed by atoms with Crippen molar-refractivity contribution in [1.29, 1.82) is 0 Å². The Morgan fingerprint density at radius 1 is 1.11 bits per heavy atom. The molecular weight excluding hydrogens is 480 g/mol. The number of nitrogens with one attached hydrogen (secondary N) is 2. The minimum absolute atomic E-state index is 0.0915. The highest BCUT2D eigenvalue weighted by molar-refractivity contribution is 8.02. The lowest BCUT2D eigenvalue weighted by atomic mass is 9.66. The van der Waals surface area contributed by atoms with E-state index in [1.54, 1.807) is 11.8 Å². The topological polar surface area (TPSA) is 111 Å². The number of hydrogen-bond acceptors (Lipinski definition) is 7. The van der Waals surface area contributed by atoms with Crippen molar-refractivity contribution in [3.8, 4) is 0 Å². The van der Waals surface area contributed by atoms with Crippen LogP contribution >= 0.6 is 11.8 Å². The highest BCUT2D eigenvalue weighted by Gasteiger charge is 2.76. The number of fused-ring (bicyclic) bond motifs is 1. The van der Waals surface area contributed by atoms with Crippen molar-refractivity contribution in [3.63, 3.8) is 0 Å². The monoisotopic (exact) mass is 516 g/mol. The van der Waals surface area contributed by atoms with Crippen molar-refractivity contribution in [1.82, 2.24) is 20.4 Å². The number of carbonyl (C=O) groups excluding carboxylic acids is 3. The van der Waals surface area contributed by atoms with E-state index in [1.807, 2.05) is 30.3 Å². The van der Waals surface area contributed by atoms with Gasteiger partial charge in [0.2, 0.25) is 17.7 Å². The van der Waals surface area contributed by atoms with Gasteiger partial charge < -0.3 is 25.4 Å². The summed E-state index contributed by atoms with van der Waals surface area (Å²) in [6, 6.07) is 9.02. The van der Waals surface area contributed by atoms with E-state index >= 15 is 0 Å². The highest BCUT2D eigenvalue weighted by atomic mass is 32.2. The third kappa shape index (κ3) is 4.42. The van der Waals surface area contributed by atoms with E-state index in [-0.39, 0.29) is 30.9 Å². The number of rotatable bonds is 9. The van der Waals surface area contributed by atoms with Crippen LogP contribution in [0, 0.1) is 11.8 Å². The molecule has 3 N–H and O–H groups in total. The molecule has 4 aliphatic rings. The zero-order valence-corrected chi connectivity index (χ0v) is 21.6. The third-order valence-corrected chi connectivity index (χ3v) is 10.3. The van der Waals surface area contributed by atoms with Gasteiger partial charge in [0.1, 0.15) is 6.04 Å². The van der Waals surface area contributed by atoms with E-state index in [0.717, 1.165) is 31.6 Å². The summed E-state index contributed by atoms with van der Waals surface area (Å²) in [6.07, 6.45) is 1.48. The largest absolute Gasteiger partial charge is 0.395 e. The van der Waals surface area contributed by atoms with Crippen LogP contribution in [0.1, 0.15) is 25.3 Å². The first-order valence-corrected chi connectivity index (χ1v) is 13.7. The molecule has 3 amide bonds. The molecule has 5 atom stereocenters. The van der Waals surface area contributed by atoms with Crippen LogP contribution in [0.5, 0.6) is 0 Å². The number of amides is 3. The van der Waals surface area contributed by atoms with Crippen LogP contribution in [0.25, 0.3) is 0 Å². The maximum absolute atomic E-state index is 13.7. The second kappa shape index (κ2) is 10.3. The van der Waals surface area contributed by atoms with Crippen LogP contribution in [0.2, 0.25) is 0 Å². The summed E-state index contributed by atoms with van der Waals surface area (Å²) in [6.45, 7) is 6.62. The van der Waals surface area contributed by atoms with Crippen LogP contribution in [-0.4, -0.2) is 101 Å². The SMILES string of the molecule is C[C@@]12CCC3(S1)C(C(=O)NCCN1CCOCC1)N(CCO)C(=O)[C@@H]3[C@@H]2C(=O)NCc1ccccc1. The Morgan fingerprint density at radius 3 is 2.58 bits per heavy atom. The Hall–Kier alpha value is -2.14. The van der Waals surface area contributed by atoms with E-state index in [2.05, 4.69) is 22.5 Å². The van der Waals surface area contributed by atoms with Gasteiger partial charge in [-0.3, -0.25) is 19.3 Å². The van der Waals surface area contributed by atoms with Gasteiger partial charge in [-0.1, -0.05) is 30.3 Å². The van der Waals surface area contributed by atoms with Gasteiger partial charge in [0, 0.05) is 44.0 Å². The fraction of sp³-hybridized carbons (Fsp3) is 0.654. The molecular formula is C26H36N4O5S. The number of ether oxygens (including phenoxy) is 1. The smallest absolute Gasteiger partial charge is 0.244 e. The first-order chi connectivity index (χ1) is 17.4. The van der Waals surface area contributed by atoms with Crippen LogP contribution in [-0.2, 0) is 25.7 Å². The number of β-amino-alcohol motifs (C(OH)–C–C–N with tert-alkyl or cyclic N) is 1. The first kappa shape index (κ1) is 25.5. The second-order valence-corrected chi connectivity index (χ2v) is 12.3. The second-order valence-electron chi connectivity index (χ2n) is 10.4. The summed E-state index contributed by atoms with van der Waals surface area (Å²) in [5, 5.41) is 15.8. The van der Waals surface area contributed by atoms with Gasteiger partial charge in [-0.05, 0) is 25.3 Å². The Balaban J connectivity index is 1.33. The zero-order valence-electron chi connectivity index (χ0n) is 20.8. The van der Waals surface area contributed by atoms with Gasteiger partial charge >= 0.3 is 0 Å². The zero-order chi connectivity index (χ0) is 25.3. The Kier molecular flexibility index (Phi) is 7.31. The van der Waals surface area contributed by atoms with E-state index in [9.17, 15) is 19.5 Å². The van der Waals surface area contributed by atoms with Gasteiger partial charge in [-0.25, -0.2) is 0 Å². The van der Waals surface area contributed by atoms with Crippen molar-refractivity contribution < 1.29 is 24.2 Å². The van der Waals surface area contributed by atoms with E-state index in [0.29, 0.717) is 32.7 Å². The lowest BCUT2D eigenvalue weighted by Crippen LogP contribution is -2.55. The molecule has 0 aliphatic carbocycles. The molecule has 0 radical (unpaired) electrons. The van der Waals surface area contributed by atoms with Crippen molar-refractivity contribution in [2.24, 2.45) is 11.8 Å². The molecule has 4 fully saturated rings. The van der Waals surface area contributed by atoms with Crippen molar-refractivity contribution >= 4 is 29.5 Å². The molecule has 2 unspecified atom stereocenters. The van der Waals surface area contributed by atoms with Gasteiger partial charge in [0.25, 0.3) is 0 Å². The summed E-state index contributed by atoms with van der Waals surface area (Å²) >= 11 is 1.65. The number of benzene rings is 1. The van der Waals surface area contributed by atoms with Crippen molar-refractivity contribution in [2.45, 2.75) is 41.8 Å². The maximum atomic E-state index is 13.7. The molecule has 9 nitrogen and oxygen atoms in total. The Bertz CT molecular complexity index is 990. The molecule has 196 valence electrons.